The van der Waals surface area contributed by atoms with Crippen molar-refractivity contribution in [3.63, 3.8) is 0 Å². The fourth-order valence-electron chi connectivity index (χ4n) is 4.20. The number of halogens is 1. The summed E-state index contributed by atoms with van der Waals surface area (Å²) in [5, 5.41) is 11.8. The number of amides is 1. The molecule has 0 spiro atoms. The number of para-hydroxylation sites is 1. The van der Waals surface area contributed by atoms with Gasteiger partial charge in [0.1, 0.15) is 17.3 Å². The smallest absolute Gasteiger partial charge is 0.300 e. The van der Waals surface area contributed by atoms with Crippen LogP contribution in [0.15, 0.2) is 66.2 Å². The molecule has 34 heavy (non-hydrogen) atoms. The number of aliphatic hydroxyl groups excluding tert-OH is 1. The van der Waals surface area contributed by atoms with Gasteiger partial charge in [0.2, 0.25) is 0 Å². The van der Waals surface area contributed by atoms with E-state index >= 15 is 0 Å². The lowest BCUT2D eigenvalue weighted by atomic mass is 9.94. The van der Waals surface area contributed by atoms with Gasteiger partial charge in [0.25, 0.3) is 11.7 Å². The number of nitrogens with zero attached hydrogens (tertiary/aromatic N) is 1. The van der Waals surface area contributed by atoms with Gasteiger partial charge in [-0.1, -0.05) is 35.9 Å². The Balaban J connectivity index is 1.98. The number of hydrogen-bond acceptors (Lipinski definition) is 5. The van der Waals surface area contributed by atoms with Crippen LogP contribution in [0.2, 0.25) is 5.02 Å². The van der Waals surface area contributed by atoms with Crippen LogP contribution >= 0.6 is 11.6 Å². The van der Waals surface area contributed by atoms with Crippen LogP contribution in [0.4, 0.5) is 5.69 Å². The van der Waals surface area contributed by atoms with Gasteiger partial charge < -0.3 is 14.6 Å². The van der Waals surface area contributed by atoms with Crippen molar-refractivity contribution in [2.45, 2.75) is 19.9 Å². The lowest BCUT2D eigenvalue weighted by Crippen LogP contribution is -2.29. The first-order valence-corrected chi connectivity index (χ1v) is 11.0. The minimum Gasteiger partial charge on any atom is -0.507 e. The predicted molar refractivity (Wildman–Crippen MR) is 132 cm³/mol. The normalized spacial score (nSPS) is 17.2. The summed E-state index contributed by atoms with van der Waals surface area (Å²) in [5.41, 5.74) is 2.99. The van der Waals surface area contributed by atoms with E-state index in [1.807, 2.05) is 13.8 Å². The van der Waals surface area contributed by atoms with Gasteiger partial charge in [-0.3, -0.25) is 14.5 Å². The summed E-state index contributed by atoms with van der Waals surface area (Å²) in [7, 11) is 3.07. The number of aliphatic hydroxyl groups is 1. The van der Waals surface area contributed by atoms with E-state index in [1.165, 1.54) is 12.0 Å². The van der Waals surface area contributed by atoms with Gasteiger partial charge in [-0.2, -0.15) is 0 Å². The van der Waals surface area contributed by atoms with Crippen LogP contribution in [-0.4, -0.2) is 31.0 Å². The van der Waals surface area contributed by atoms with Crippen LogP contribution in [0, 0.1) is 13.8 Å². The molecule has 6 nitrogen and oxygen atoms in total. The van der Waals surface area contributed by atoms with Crippen LogP contribution in [-0.2, 0) is 9.59 Å². The number of ketones is 1. The molecule has 1 saturated heterocycles. The van der Waals surface area contributed by atoms with Crippen molar-refractivity contribution < 1.29 is 24.2 Å². The molecule has 1 N–H and O–H groups in total. The number of ether oxygens (including phenoxy) is 2. The van der Waals surface area contributed by atoms with Crippen LogP contribution < -0.4 is 14.4 Å². The number of hydrogen-bond donors (Lipinski definition) is 1. The Kier molecular flexibility index (Phi) is 6.35. The highest BCUT2D eigenvalue weighted by Gasteiger charge is 2.48. The standard InChI is InChI=1S/C27H24ClNO5/c1-15-9-11-18(14-20(15)28)29-24(19-7-5-6-8-22(19)34-4)23(26(31)27(29)32)25(30)17-10-12-21(33-3)16(2)13-17/h5-14,24,30H,1-4H3/b25-23+. The van der Waals surface area contributed by atoms with Gasteiger partial charge in [-0.15, -0.1) is 0 Å². The lowest BCUT2D eigenvalue weighted by molar-refractivity contribution is -0.132. The molecular weight excluding hydrogens is 454 g/mol. The van der Waals surface area contributed by atoms with E-state index in [0.717, 1.165) is 11.1 Å². The van der Waals surface area contributed by atoms with E-state index in [1.54, 1.807) is 67.8 Å². The fraction of sp³-hybridized carbons (Fsp3) is 0.185. The number of rotatable bonds is 5. The third-order valence-corrected chi connectivity index (χ3v) is 6.39. The molecule has 1 fully saturated rings. The molecule has 0 bridgehead atoms. The minimum atomic E-state index is -0.919. The van der Waals surface area contributed by atoms with Gasteiger partial charge in [-0.25, -0.2) is 0 Å². The highest BCUT2D eigenvalue weighted by Crippen LogP contribution is 2.45. The molecule has 1 aliphatic rings. The van der Waals surface area contributed by atoms with E-state index in [9.17, 15) is 14.7 Å². The number of methoxy groups -OCH3 is 2. The monoisotopic (exact) mass is 477 g/mol. The summed E-state index contributed by atoms with van der Waals surface area (Å²) in [6, 6.07) is 16.4. The molecular formula is C27H24ClNO5. The molecule has 3 aromatic carbocycles. The zero-order valence-corrected chi connectivity index (χ0v) is 20.0. The summed E-state index contributed by atoms with van der Waals surface area (Å²) in [6.45, 7) is 3.68. The summed E-state index contributed by atoms with van der Waals surface area (Å²) < 4.78 is 10.8. The molecule has 7 heteroatoms. The third-order valence-electron chi connectivity index (χ3n) is 5.98. The molecule has 0 saturated carbocycles. The zero-order chi connectivity index (χ0) is 24.6. The summed E-state index contributed by atoms with van der Waals surface area (Å²) in [6.07, 6.45) is 0. The number of Topliss-reactive ketones (excluding diaryl/α,β-unsaturated/α-hetero) is 1. The SMILES string of the molecule is COc1ccc(/C(O)=C2\C(=O)C(=O)N(c3ccc(C)c(Cl)c3)C2c2ccccc2OC)cc1C. The Bertz CT molecular complexity index is 1330. The molecule has 1 unspecified atom stereocenters. The van der Waals surface area contributed by atoms with Crippen LogP contribution in [0.25, 0.3) is 5.76 Å². The van der Waals surface area contributed by atoms with Crippen molar-refractivity contribution in [1.82, 2.24) is 0 Å². The van der Waals surface area contributed by atoms with Gasteiger partial charge in [0.15, 0.2) is 0 Å². The maximum atomic E-state index is 13.3. The quantitative estimate of drug-likeness (QED) is 0.294. The highest BCUT2D eigenvalue weighted by atomic mass is 35.5. The van der Waals surface area contributed by atoms with Crippen molar-refractivity contribution in [1.29, 1.82) is 0 Å². The topological polar surface area (TPSA) is 76.1 Å². The van der Waals surface area contributed by atoms with Crippen molar-refractivity contribution in [3.05, 3.63) is 93.5 Å². The lowest BCUT2D eigenvalue weighted by Gasteiger charge is -2.27. The molecule has 1 aliphatic heterocycles. The Morgan fingerprint density at radius 1 is 0.912 bits per heavy atom. The molecule has 174 valence electrons. The largest absolute Gasteiger partial charge is 0.507 e. The van der Waals surface area contributed by atoms with E-state index in [-0.39, 0.29) is 11.3 Å². The minimum absolute atomic E-state index is 0.0317. The van der Waals surface area contributed by atoms with Gasteiger partial charge >= 0.3 is 0 Å². The molecule has 0 aromatic heterocycles. The van der Waals surface area contributed by atoms with Gasteiger partial charge in [0, 0.05) is 21.8 Å². The second-order valence-corrected chi connectivity index (χ2v) is 8.44. The zero-order valence-electron chi connectivity index (χ0n) is 19.3. The van der Waals surface area contributed by atoms with Gasteiger partial charge in [0.05, 0.1) is 25.8 Å². The average molecular weight is 478 g/mol. The van der Waals surface area contributed by atoms with E-state index in [4.69, 9.17) is 21.1 Å². The highest BCUT2D eigenvalue weighted by molar-refractivity contribution is 6.52. The molecule has 0 aliphatic carbocycles. The summed E-state index contributed by atoms with van der Waals surface area (Å²) in [5.74, 6) is -0.705. The third kappa shape index (κ3) is 3.90. The van der Waals surface area contributed by atoms with E-state index < -0.39 is 17.7 Å². The van der Waals surface area contributed by atoms with Gasteiger partial charge in [-0.05, 0) is 61.4 Å². The Labute approximate surface area is 203 Å². The first kappa shape index (κ1) is 23.4. The fourth-order valence-corrected chi connectivity index (χ4v) is 4.37. The number of carbonyl (C=O) groups excluding carboxylic acids is 2. The Morgan fingerprint density at radius 3 is 2.26 bits per heavy atom. The summed E-state index contributed by atoms with van der Waals surface area (Å²) in [4.78, 5) is 28.0. The van der Waals surface area contributed by atoms with E-state index in [0.29, 0.717) is 33.3 Å². The average Bonchev–Trinajstić information content (AvgIpc) is 3.10. The second-order valence-electron chi connectivity index (χ2n) is 8.03. The Hall–Kier alpha value is -3.77. The molecule has 0 radical (unpaired) electrons. The first-order valence-electron chi connectivity index (χ1n) is 10.6. The predicted octanol–water partition coefficient (Wildman–Crippen LogP) is 5.60. The molecule has 1 heterocycles. The molecule has 1 amide bonds. The van der Waals surface area contributed by atoms with E-state index in [2.05, 4.69) is 0 Å². The second kappa shape index (κ2) is 9.23. The number of aryl methyl sites for hydroxylation is 2. The van der Waals surface area contributed by atoms with Crippen molar-refractivity contribution >= 4 is 34.7 Å². The van der Waals surface area contributed by atoms with Crippen LogP contribution in [0.5, 0.6) is 11.5 Å². The Morgan fingerprint density at radius 2 is 1.62 bits per heavy atom. The molecule has 4 rings (SSSR count). The van der Waals surface area contributed by atoms with Crippen LogP contribution in [0.1, 0.15) is 28.3 Å². The van der Waals surface area contributed by atoms with Crippen LogP contribution in [0.3, 0.4) is 0 Å². The van der Waals surface area contributed by atoms with Crippen molar-refractivity contribution in [2.75, 3.05) is 19.1 Å². The van der Waals surface area contributed by atoms with Crippen molar-refractivity contribution in [2.24, 2.45) is 0 Å². The van der Waals surface area contributed by atoms with Crippen molar-refractivity contribution in [3.8, 4) is 11.5 Å². The summed E-state index contributed by atoms with van der Waals surface area (Å²) >= 11 is 6.35. The molecule has 3 aromatic rings. The number of carbonyl (C=O) groups is 2. The maximum absolute atomic E-state index is 13.3. The first-order chi connectivity index (χ1) is 16.3. The number of anilines is 1. The number of benzene rings is 3. The maximum Gasteiger partial charge on any atom is 0.300 e. The molecule has 1 atom stereocenters.